The van der Waals surface area contributed by atoms with Crippen molar-refractivity contribution >= 4 is 29.1 Å². The quantitative estimate of drug-likeness (QED) is 0.424. The molecule has 30 heavy (non-hydrogen) atoms. The molecule has 1 aliphatic carbocycles. The molecule has 156 valence electrons. The summed E-state index contributed by atoms with van der Waals surface area (Å²) in [6.07, 6.45) is 3.79. The second kappa shape index (κ2) is 8.15. The van der Waals surface area contributed by atoms with Crippen LogP contribution < -0.4 is 4.74 Å². The van der Waals surface area contributed by atoms with Gasteiger partial charge in [-0.2, -0.15) is 0 Å². The van der Waals surface area contributed by atoms with Crippen LogP contribution in [0.15, 0.2) is 48.0 Å². The Hall–Kier alpha value is -2.79. The Bertz CT molecular complexity index is 1040. The molecule has 2 aromatic carbocycles. The lowest BCUT2D eigenvalue weighted by atomic mass is 9.93. The van der Waals surface area contributed by atoms with Crippen molar-refractivity contribution in [1.29, 1.82) is 0 Å². The lowest BCUT2D eigenvalue weighted by Gasteiger charge is -2.31. The number of carbonyl (C=O) groups excluding carboxylic acids is 2. The molecule has 1 aliphatic heterocycles. The molecule has 2 fully saturated rings. The van der Waals surface area contributed by atoms with E-state index in [1.165, 1.54) is 7.11 Å². The number of carbonyl (C=O) groups is 2. The molecular formula is C24H24ClNO4. The zero-order valence-electron chi connectivity index (χ0n) is 17.0. The van der Waals surface area contributed by atoms with Gasteiger partial charge in [0.15, 0.2) is 0 Å². The predicted octanol–water partition coefficient (Wildman–Crippen LogP) is 5.02. The fraction of sp³-hybridized carbons (Fsp3) is 0.333. The van der Waals surface area contributed by atoms with Gasteiger partial charge in [-0.25, -0.2) is 0 Å². The number of nitrogens with zero attached hydrogens (tertiary/aromatic N) is 1. The Labute approximate surface area is 180 Å². The zero-order chi connectivity index (χ0) is 21.4. The number of ketones is 1. The highest BCUT2D eigenvalue weighted by Crippen LogP contribution is 2.44. The van der Waals surface area contributed by atoms with Gasteiger partial charge in [-0.05, 0) is 43.5 Å². The molecule has 1 N–H and O–H groups in total. The van der Waals surface area contributed by atoms with E-state index < -0.39 is 17.7 Å². The summed E-state index contributed by atoms with van der Waals surface area (Å²) in [6, 6.07) is 11.9. The maximum absolute atomic E-state index is 13.1. The van der Waals surface area contributed by atoms with Crippen molar-refractivity contribution in [2.45, 2.75) is 44.7 Å². The first-order valence-electron chi connectivity index (χ1n) is 10.1. The number of hydrogen-bond acceptors (Lipinski definition) is 4. The van der Waals surface area contributed by atoms with E-state index in [1.54, 1.807) is 23.1 Å². The molecule has 1 amide bonds. The third-order valence-electron chi connectivity index (χ3n) is 5.98. The third-order valence-corrected chi connectivity index (χ3v) is 6.29. The van der Waals surface area contributed by atoms with Crippen molar-refractivity contribution in [3.05, 3.63) is 69.8 Å². The molecule has 1 saturated carbocycles. The lowest BCUT2D eigenvalue weighted by molar-refractivity contribution is -0.141. The molecule has 0 aromatic heterocycles. The van der Waals surface area contributed by atoms with Crippen LogP contribution in [0.2, 0.25) is 5.02 Å². The number of benzene rings is 2. The highest BCUT2D eigenvalue weighted by atomic mass is 35.5. The number of methoxy groups -OCH3 is 1. The molecule has 2 aromatic rings. The lowest BCUT2D eigenvalue weighted by Crippen LogP contribution is -2.37. The second-order valence-electron chi connectivity index (χ2n) is 7.91. The van der Waals surface area contributed by atoms with Crippen LogP contribution in [-0.4, -0.2) is 34.8 Å². The van der Waals surface area contributed by atoms with Crippen molar-refractivity contribution < 1.29 is 19.4 Å². The maximum Gasteiger partial charge on any atom is 0.295 e. The maximum atomic E-state index is 13.1. The highest BCUT2D eigenvalue weighted by molar-refractivity contribution is 6.46. The first-order valence-corrected chi connectivity index (χ1v) is 10.5. The molecule has 0 radical (unpaired) electrons. The van der Waals surface area contributed by atoms with Gasteiger partial charge in [-0.1, -0.05) is 54.3 Å². The summed E-state index contributed by atoms with van der Waals surface area (Å²) in [5.74, 6) is -1.02. The summed E-state index contributed by atoms with van der Waals surface area (Å²) < 4.78 is 5.25. The molecule has 1 heterocycles. The molecular weight excluding hydrogens is 402 g/mol. The molecule has 0 bridgehead atoms. The van der Waals surface area contributed by atoms with Crippen molar-refractivity contribution in [1.82, 2.24) is 4.90 Å². The van der Waals surface area contributed by atoms with Gasteiger partial charge in [0.25, 0.3) is 11.7 Å². The molecule has 5 nitrogen and oxygen atoms in total. The minimum Gasteiger partial charge on any atom is -0.507 e. The Morgan fingerprint density at radius 3 is 2.53 bits per heavy atom. The number of ether oxygens (including phenoxy) is 1. The largest absolute Gasteiger partial charge is 0.507 e. The number of Topliss-reactive ketones (excluding diaryl/α,β-unsaturated/α-hetero) is 1. The van der Waals surface area contributed by atoms with E-state index >= 15 is 0 Å². The molecule has 2 aliphatic rings. The average Bonchev–Trinajstić information content (AvgIpc) is 3.35. The van der Waals surface area contributed by atoms with E-state index in [-0.39, 0.29) is 17.4 Å². The normalized spacial score (nSPS) is 21.4. The number of aliphatic hydroxyl groups is 1. The minimum absolute atomic E-state index is 0.00276. The van der Waals surface area contributed by atoms with E-state index in [9.17, 15) is 14.7 Å². The Kier molecular flexibility index (Phi) is 5.56. The van der Waals surface area contributed by atoms with Crippen LogP contribution in [0.5, 0.6) is 5.75 Å². The molecule has 4 rings (SSSR count). The Morgan fingerprint density at radius 1 is 1.13 bits per heavy atom. The minimum atomic E-state index is -0.653. The molecule has 0 spiro atoms. The van der Waals surface area contributed by atoms with Gasteiger partial charge in [0.2, 0.25) is 0 Å². The summed E-state index contributed by atoms with van der Waals surface area (Å²) in [4.78, 5) is 27.9. The number of likely N-dealkylation sites (tertiary alicyclic amines) is 1. The SMILES string of the molecule is COc1cc(/C(O)=C2/C(=O)C(=O)N(C3CCCC3)C2c2cccc(C)c2)ccc1Cl. The van der Waals surface area contributed by atoms with Crippen molar-refractivity contribution in [3.63, 3.8) is 0 Å². The number of halogens is 1. The van der Waals surface area contributed by atoms with Gasteiger partial charge < -0.3 is 14.7 Å². The van der Waals surface area contributed by atoms with Crippen molar-refractivity contribution in [2.24, 2.45) is 0 Å². The fourth-order valence-corrected chi connectivity index (χ4v) is 4.73. The molecule has 6 heteroatoms. The Balaban J connectivity index is 1.90. The molecule has 1 saturated heterocycles. The van der Waals surface area contributed by atoms with E-state index in [0.29, 0.717) is 16.3 Å². The van der Waals surface area contributed by atoms with Crippen LogP contribution in [0.1, 0.15) is 48.4 Å². The molecule has 1 atom stereocenters. The first kappa shape index (κ1) is 20.5. The summed E-state index contributed by atoms with van der Waals surface area (Å²) in [5.41, 5.74) is 2.35. The number of aryl methyl sites for hydroxylation is 1. The summed E-state index contributed by atoms with van der Waals surface area (Å²) in [7, 11) is 1.48. The van der Waals surface area contributed by atoms with Gasteiger partial charge in [-0.15, -0.1) is 0 Å². The van der Waals surface area contributed by atoms with Crippen molar-refractivity contribution in [2.75, 3.05) is 7.11 Å². The highest BCUT2D eigenvalue weighted by Gasteiger charge is 2.49. The van der Waals surface area contributed by atoms with Crippen LogP contribution >= 0.6 is 11.6 Å². The van der Waals surface area contributed by atoms with Gasteiger partial charge in [0.1, 0.15) is 11.5 Å². The predicted molar refractivity (Wildman–Crippen MR) is 116 cm³/mol. The summed E-state index contributed by atoms with van der Waals surface area (Å²) in [6.45, 7) is 1.97. The molecule has 1 unspecified atom stereocenters. The third kappa shape index (κ3) is 3.47. The van der Waals surface area contributed by atoms with Crippen LogP contribution in [0.25, 0.3) is 5.76 Å². The van der Waals surface area contributed by atoms with Crippen LogP contribution in [0.4, 0.5) is 0 Å². The van der Waals surface area contributed by atoms with Crippen LogP contribution in [-0.2, 0) is 9.59 Å². The van der Waals surface area contributed by atoms with Gasteiger partial charge in [-0.3, -0.25) is 9.59 Å². The van der Waals surface area contributed by atoms with E-state index in [2.05, 4.69) is 0 Å². The standard InChI is InChI=1S/C24H24ClNO4/c1-14-6-5-7-15(12-14)21-20(22(27)16-10-11-18(25)19(13-16)30-2)23(28)24(29)26(21)17-8-3-4-9-17/h5-7,10-13,17,21,27H,3-4,8-9H2,1-2H3/b22-20-. The summed E-state index contributed by atoms with van der Waals surface area (Å²) >= 11 is 6.11. The number of rotatable bonds is 4. The number of hydrogen-bond donors (Lipinski definition) is 1. The van der Waals surface area contributed by atoms with E-state index in [4.69, 9.17) is 16.3 Å². The fourth-order valence-electron chi connectivity index (χ4n) is 4.54. The Morgan fingerprint density at radius 2 is 1.87 bits per heavy atom. The van der Waals surface area contributed by atoms with Crippen molar-refractivity contribution in [3.8, 4) is 5.75 Å². The van der Waals surface area contributed by atoms with Gasteiger partial charge in [0.05, 0.1) is 23.7 Å². The average molecular weight is 426 g/mol. The second-order valence-corrected chi connectivity index (χ2v) is 8.32. The van der Waals surface area contributed by atoms with E-state index in [1.807, 2.05) is 31.2 Å². The van der Waals surface area contributed by atoms with Gasteiger partial charge in [0, 0.05) is 11.6 Å². The van der Waals surface area contributed by atoms with E-state index in [0.717, 1.165) is 36.8 Å². The zero-order valence-corrected chi connectivity index (χ0v) is 17.8. The summed E-state index contributed by atoms with van der Waals surface area (Å²) in [5, 5.41) is 11.6. The smallest absolute Gasteiger partial charge is 0.295 e. The monoisotopic (exact) mass is 425 g/mol. The van der Waals surface area contributed by atoms with Crippen LogP contribution in [0.3, 0.4) is 0 Å². The topological polar surface area (TPSA) is 66.8 Å². The van der Waals surface area contributed by atoms with Gasteiger partial charge >= 0.3 is 0 Å². The number of aliphatic hydroxyl groups excluding tert-OH is 1. The first-order chi connectivity index (χ1) is 14.4. The van der Waals surface area contributed by atoms with Crippen LogP contribution in [0, 0.1) is 6.92 Å². The number of amides is 1.